The molecule has 0 saturated carbocycles. The summed E-state index contributed by atoms with van der Waals surface area (Å²) in [6.07, 6.45) is 6.27. The molecule has 1 amide bonds. The van der Waals surface area contributed by atoms with Crippen molar-refractivity contribution in [2.24, 2.45) is 5.92 Å². The summed E-state index contributed by atoms with van der Waals surface area (Å²) >= 11 is 0. The van der Waals surface area contributed by atoms with E-state index >= 15 is 0 Å². The number of carbonyl (C=O) groups is 1. The van der Waals surface area contributed by atoms with E-state index in [1.54, 1.807) is 0 Å². The van der Waals surface area contributed by atoms with Crippen LogP contribution >= 0.6 is 0 Å². The smallest absolute Gasteiger partial charge is 0.259 e. The minimum atomic E-state index is -0.0705. The number of nitrogens with zero attached hydrogens (tertiary/aromatic N) is 3. The van der Waals surface area contributed by atoms with Crippen LogP contribution in [0.1, 0.15) is 48.2 Å². The van der Waals surface area contributed by atoms with Crippen molar-refractivity contribution in [1.82, 2.24) is 20.4 Å². The van der Waals surface area contributed by atoms with Gasteiger partial charge in [-0.05, 0) is 57.7 Å². The standard InChI is InChI=1S/C24H28N4O2/c1-16-22-19(14-20(26-24(22)30-27-16)17-8-3-2-4-9-17)23(29)25-15-18-10-7-13-28-12-6-5-11-21(18)28/h2-4,8-9,14,18,21H,5-7,10-13,15H2,1H3,(H,25,29). The lowest BCUT2D eigenvalue weighted by Crippen LogP contribution is -2.51. The zero-order chi connectivity index (χ0) is 20.5. The maximum atomic E-state index is 13.3. The number of amides is 1. The lowest BCUT2D eigenvalue weighted by molar-refractivity contribution is 0.0576. The molecule has 2 aromatic heterocycles. The third-order valence-electron chi connectivity index (χ3n) is 6.68. The van der Waals surface area contributed by atoms with E-state index in [9.17, 15) is 4.79 Å². The Labute approximate surface area is 176 Å². The summed E-state index contributed by atoms with van der Waals surface area (Å²) in [7, 11) is 0. The summed E-state index contributed by atoms with van der Waals surface area (Å²) in [6.45, 7) is 4.99. The molecule has 1 aromatic carbocycles. The maximum Gasteiger partial charge on any atom is 0.259 e. The Morgan fingerprint density at radius 1 is 1.17 bits per heavy atom. The second kappa shape index (κ2) is 8.19. The predicted octanol–water partition coefficient (Wildman–Crippen LogP) is 4.19. The first-order valence-corrected chi connectivity index (χ1v) is 11.1. The number of aromatic nitrogens is 2. The van der Waals surface area contributed by atoms with Crippen molar-refractivity contribution in [3.05, 3.63) is 47.7 Å². The minimum absolute atomic E-state index is 0.0705. The number of pyridine rings is 1. The van der Waals surface area contributed by atoms with Gasteiger partial charge in [0.1, 0.15) is 0 Å². The van der Waals surface area contributed by atoms with E-state index in [0.29, 0.717) is 34.3 Å². The number of fused-ring (bicyclic) bond motifs is 2. The molecule has 6 heteroatoms. The number of piperidine rings is 2. The molecular weight excluding hydrogens is 376 g/mol. The van der Waals surface area contributed by atoms with Gasteiger partial charge in [0.2, 0.25) is 0 Å². The van der Waals surface area contributed by atoms with Crippen LogP contribution in [-0.4, -0.2) is 46.6 Å². The fraction of sp³-hybridized carbons (Fsp3) is 0.458. The van der Waals surface area contributed by atoms with E-state index in [1.807, 2.05) is 43.3 Å². The number of hydrogen-bond donors (Lipinski definition) is 1. The predicted molar refractivity (Wildman–Crippen MR) is 116 cm³/mol. The summed E-state index contributed by atoms with van der Waals surface area (Å²) < 4.78 is 5.42. The van der Waals surface area contributed by atoms with Crippen LogP contribution in [0.25, 0.3) is 22.4 Å². The molecule has 2 fully saturated rings. The molecule has 2 aliphatic rings. The van der Waals surface area contributed by atoms with Gasteiger partial charge in [-0.3, -0.25) is 4.79 Å². The summed E-state index contributed by atoms with van der Waals surface area (Å²) in [4.78, 5) is 20.5. The van der Waals surface area contributed by atoms with E-state index in [2.05, 4.69) is 20.4 Å². The molecule has 6 nitrogen and oxygen atoms in total. The van der Waals surface area contributed by atoms with Crippen LogP contribution in [0.2, 0.25) is 0 Å². The Bertz CT molecular complexity index is 1040. The Balaban J connectivity index is 1.40. The Kier molecular flexibility index (Phi) is 5.25. The van der Waals surface area contributed by atoms with Gasteiger partial charge in [-0.1, -0.05) is 41.9 Å². The van der Waals surface area contributed by atoms with E-state index in [1.165, 1.54) is 45.2 Å². The summed E-state index contributed by atoms with van der Waals surface area (Å²) in [6, 6.07) is 12.3. The molecule has 2 aliphatic heterocycles. The number of rotatable bonds is 4. The van der Waals surface area contributed by atoms with Gasteiger partial charge in [-0.25, -0.2) is 4.98 Å². The summed E-state index contributed by atoms with van der Waals surface area (Å²) in [5.41, 5.74) is 3.37. The quantitative estimate of drug-likeness (QED) is 0.706. The van der Waals surface area contributed by atoms with Crippen LogP contribution in [0.15, 0.2) is 40.9 Å². The zero-order valence-electron chi connectivity index (χ0n) is 17.4. The van der Waals surface area contributed by atoms with Crippen LogP contribution in [0, 0.1) is 12.8 Å². The topological polar surface area (TPSA) is 71.3 Å². The molecule has 0 spiro atoms. The molecule has 2 atom stereocenters. The third kappa shape index (κ3) is 3.60. The van der Waals surface area contributed by atoms with Gasteiger partial charge in [0.05, 0.1) is 22.3 Å². The van der Waals surface area contributed by atoms with E-state index < -0.39 is 0 Å². The SMILES string of the molecule is Cc1noc2nc(-c3ccccc3)cc(C(=O)NCC3CCCN4CCCCC34)c12. The van der Waals surface area contributed by atoms with Gasteiger partial charge >= 0.3 is 0 Å². The minimum Gasteiger partial charge on any atom is -0.352 e. The second-order valence-electron chi connectivity index (χ2n) is 8.58. The molecule has 3 aromatic rings. The fourth-order valence-corrected chi connectivity index (χ4v) is 5.16. The van der Waals surface area contributed by atoms with Crippen molar-refractivity contribution in [2.45, 2.75) is 45.1 Å². The van der Waals surface area contributed by atoms with Crippen LogP contribution in [-0.2, 0) is 0 Å². The molecule has 0 radical (unpaired) electrons. The number of benzene rings is 1. The highest BCUT2D eigenvalue weighted by atomic mass is 16.5. The third-order valence-corrected chi connectivity index (χ3v) is 6.68. The summed E-state index contributed by atoms with van der Waals surface area (Å²) in [5, 5.41) is 7.98. The summed E-state index contributed by atoms with van der Waals surface area (Å²) in [5.74, 6) is 0.455. The molecule has 2 saturated heterocycles. The van der Waals surface area contributed by atoms with Crippen LogP contribution in [0.4, 0.5) is 0 Å². The van der Waals surface area contributed by atoms with Gasteiger partial charge < -0.3 is 14.7 Å². The lowest BCUT2D eigenvalue weighted by Gasteiger charge is -2.44. The van der Waals surface area contributed by atoms with Gasteiger partial charge in [0.15, 0.2) is 0 Å². The number of aryl methyl sites for hydroxylation is 1. The zero-order valence-corrected chi connectivity index (χ0v) is 17.4. The second-order valence-corrected chi connectivity index (χ2v) is 8.58. The first kappa shape index (κ1) is 19.2. The van der Waals surface area contributed by atoms with Crippen molar-refractivity contribution in [3.8, 4) is 11.3 Å². The van der Waals surface area contributed by atoms with Crippen molar-refractivity contribution < 1.29 is 9.32 Å². The van der Waals surface area contributed by atoms with E-state index in [0.717, 1.165) is 17.8 Å². The molecule has 0 aliphatic carbocycles. The van der Waals surface area contributed by atoms with Gasteiger partial charge in [-0.15, -0.1) is 0 Å². The fourth-order valence-electron chi connectivity index (χ4n) is 5.16. The molecule has 1 N–H and O–H groups in total. The molecule has 30 heavy (non-hydrogen) atoms. The average molecular weight is 405 g/mol. The molecular formula is C24H28N4O2. The molecule has 0 bridgehead atoms. The monoisotopic (exact) mass is 404 g/mol. The maximum absolute atomic E-state index is 13.3. The van der Waals surface area contributed by atoms with Crippen LogP contribution in [0.3, 0.4) is 0 Å². The van der Waals surface area contributed by atoms with Crippen molar-refractivity contribution in [3.63, 3.8) is 0 Å². The van der Waals surface area contributed by atoms with Crippen LogP contribution < -0.4 is 5.32 Å². The highest BCUT2D eigenvalue weighted by Gasteiger charge is 2.33. The van der Waals surface area contributed by atoms with E-state index in [-0.39, 0.29) is 5.91 Å². The largest absolute Gasteiger partial charge is 0.352 e. The van der Waals surface area contributed by atoms with Crippen molar-refractivity contribution in [2.75, 3.05) is 19.6 Å². The first-order valence-electron chi connectivity index (χ1n) is 11.1. The number of carbonyl (C=O) groups excluding carboxylic acids is 1. The van der Waals surface area contributed by atoms with Crippen molar-refractivity contribution in [1.29, 1.82) is 0 Å². The Morgan fingerprint density at radius 3 is 2.87 bits per heavy atom. The highest BCUT2D eigenvalue weighted by molar-refractivity contribution is 6.07. The number of nitrogens with one attached hydrogen (secondary N) is 1. The lowest BCUT2D eigenvalue weighted by atomic mass is 9.83. The highest BCUT2D eigenvalue weighted by Crippen LogP contribution is 2.31. The van der Waals surface area contributed by atoms with Gasteiger partial charge in [-0.2, -0.15) is 0 Å². The Hall–Kier alpha value is -2.73. The molecule has 2 unspecified atom stereocenters. The normalized spacial score (nSPS) is 22.0. The van der Waals surface area contributed by atoms with Crippen LogP contribution in [0.5, 0.6) is 0 Å². The van der Waals surface area contributed by atoms with Gasteiger partial charge in [0.25, 0.3) is 11.6 Å². The molecule has 5 rings (SSSR count). The first-order chi connectivity index (χ1) is 14.7. The van der Waals surface area contributed by atoms with E-state index in [4.69, 9.17) is 4.52 Å². The van der Waals surface area contributed by atoms with Crippen molar-refractivity contribution >= 4 is 17.0 Å². The number of hydrogen-bond acceptors (Lipinski definition) is 5. The van der Waals surface area contributed by atoms with Gasteiger partial charge in [0, 0.05) is 18.2 Å². The molecule has 4 heterocycles. The Morgan fingerprint density at radius 2 is 2.00 bits per heavy atom. The average Bonchev–Trinajstić information content (AvgIpc) is 3.18. The molecule has 156 valence electrons.